The lowest BCUT2D eigenvalue weighted by atomic mass is 9.70. The molecule has 2 fully saturated rings. The summed E-state index contributed by atoms with van der Waals surface area (Å²) in [6, 6.07) is 7.25. The number of amides is 4. The van der Waals surface area contributed by atoms with Crippen molar-refractivity contribution in [3.05, 3.63) is 34.9 Å². The molecule has 3 atom stereocenters. The number of likely N-dealkylation sites (tertiary alicyclic amines) is 2. The van der Waals surface area contributed by atoms with Gasteiger partial charge in [0.1, 0.15) is 6.04 Å². The predicted molar refractivity (Wildman–Crippen MR) is 130 cm³/mol. The fourth-order valence-electron chi connectivity index (χ4n) is 5.15. The number of benzene rings is 1. The van der Waals surface area contributed by atoms with Crippen LogP contribution in [0.25, 0.3) is 0 Å². The smallest absolute Gasteiger partial charge is 0.311 e. The van der Waals surface area contributed by atoms with Crippen molar-refractivity contribution >= 4 is 35.2 Å². The van der Waals surface area contributed by atoms with Crippen LogP contribution in [0.4, 0.5) is 0 Å². The maximum atomic E-state index is 13.5. The lowest BCUT2D eigenvalue weighted by Crippen LogP contribution is -2.56. The van der Waals surface area contributed by atoms with Crippen molar-refractivity contribution in [2.75, 3.05) is 26.2 Å². The van der Waals surface area contributed by atoms with Gasteiger partial charge in [-0.1, -0.05) is 51.4 Å². The number of nitrogens with one attached hydrogen (secondary N) is 1. The first kappa shape index (κ1) is 26.0. The van der Waals surface area contributed by atoms with Gasteiger partial charge in [-0.25, -0.2) is 0 Å². The summed E-state index contributed by atoms with van der Waals surface area (Å²) in [5.41, 5.74) is 6.14. The van der Waals surface area contributed by atoms with E-state index in [-0.39, 0.29) is 29.7 Å². The molecule has 1 aromatic carbocycles. The van der Waals surface area contributed by atoms with Gasteiger partial charge in [0, 0.05) is 31.2 Å². The third-order valence-electron chi connectivity index (χ3n) is 7.10. The maximum absolute atomic E-state index is 13.5. The van der Waals surface area contributed by atoms with Crippen LogP contribution in [0.5, 0.6) is 0 Å². The Kier molecular flexibility index (Phi) is 7.91. The van der Waals surface area contributed by atoms with E-state index in [1.807, 2.05) is 30.9 Å². The van der Waals surface area contributed by atoms with Gasteiger partial charge in [0.15, 0.2) is 0 Å². The monoisotopic (exact) mass is 490 g/mol. The van der Waals surface area contributed by atoms with E-state index in [4.69, 9.17) is 17.3 Å². The SMILES string of the molecule is CC(C)[C@@H](NC(=O)[C@@H]1CCN(C(=O)C(N)=O)C1)C(=O)N1CC[C@H](c2ccc(Cl)cc2)C(C)(C)C1. The number of hydrogen-bond acceptors (Lipinski definition) is 4. The second-order valence-electron chi connectivity index (χ2n) is 10.5. The number of nitrogens with zero attached hydrogens (tertiary/aromatic N) is 2. The summed E-state index contributed by atoms with van der Waals surface area (Å²) < 4.78 is 0. The van der Waals surface area contributed by atoms with Crippen molar-refractivity contribution in [3.63, 3.8) is 0 Å². The van der Waals surface area contributed by atoms with Crippen LogP contribution < -0.4 is 11.1 Å². The standard InChI is InChI=1S/C25H35ClN4O4/c1-15(2)20(28-22(32)17-9-11-29(13-17)24(34)21(27)31)23(33)30-12-10-19(25(3,4)14-30)16-5-7-18(26)8-6-16/h5-8,15,17,19-20H,9-14H2,1-4H3,(H2,27,31)(H,28,32)/t17-,19-,20-/m1/s1. The molecular weight excluding hydrogens is 456 g/mol. The Bertz CT molecular complexity index is 947. The Morgan fingerprint density at radius 1 is 1.06 bits per heavy atom. The average Bonchev–Trinajstić information content (AvgIpc) is 3.26. The van der Waals surface area contributed by atoms with Crippen LogP contribution in [0.1, 0.15) is 52.0 Å². The zero-order valence-electron chi connectivity index (χ0n) is 20.3. The molecule has 9 heteroatoms. The fraction of sp³-hybridized carbons (Fsp3) is 0.600. The molecule has 2 aliphatic heterocycles. The van der Waals surface area contributed by atoms with Gasteiger partial charge < -0.3 is 20.9 Å². The first-order valence-corrected chi connectivity index (χ1v) is 12.2. The Balaban J connectivity index is 1.65. The van der Waals surface area contributed by atoms with Gasteiger partial charge in [0.05, 0.1) is 5.92 Å². The Morgan fingerprint density at radius 2 is 1.68 bits per heavy atom. The van der Waals surface area contributed by atoms with Gasteiger partial charge in [-0.15, -0.1) is 0 Å². The van der Waals surface area contributed by atoms with E-state index in [1.54, 1.807) is 0 Å². The zero-order valence-corrected chi connectivity index (χ0v) is 21.1. The largest absolute Gasteiger partial charge is 0.361 e. The third-order valence-corrected chi connectivity index (χ3v) is 7.35. The van der Waals surface area contributed by atoms with Crippen molar-refractivity contribution in [1.82, 2.24) is 15.1 Å². The minimum atomic E-state index is -1.03. The van der Waals surface area contributed by atoms with Gasteiger partial charge in [-0.2, -0.15) is 0 Å². The highest BCUT2D eigenvalue weighted by molar-refractivity contribution is 6.34. The molecule has 0 bridgehead atoms. The van der Waals surface area contributed by atoms with Crippen LogP contribution in [0, 0.1) is 17.3 Å². The van der Waals surface area contributed by atoms with Gasteiger partial charge >= 0.3 is 11.8 Å². The summed E-state index contributed by atoms with van der Waals surface area (Å²) in [5, 5.41) is 3.62. The van der Waals surface area contributed by atoms with E-state index in [0.717, 1.165) is 6.42 Å². The molecule has 0 aromatic heterocycles. The number of nitrogens with two attached hydrogens (primary N) is 1. The summed E-state index contributed by atoms with van der Waals surface area (Å²) in [6.45, 7) is 9.77. The highest BCUT2D eigenvalue weighted by Crippen LogP contribution is 2.42. The molecule has 2 aliphatic rings. The molecule has 3 N–H and O–H groups in total. The summed E-state index contributed by atoms with van der Waals surface area (Å²) in [5.74, 6) is -2.44. The van der Waals surface area contributed by atoms with Crippen molar-refractivity contribution in [3.8, 4) is 0 Å². The van der Waals surface area contributed by atoms with Crippen LogP contribution in [-0.4, -0.2) is 65.6 Å². The van der Waals surface area contributed by atoms with Crippen molar-refractivity contribution in [2.24, 2.45) is 23.0 Å². The highest BCUT2D eigenvalue weighted by atomic mass is 35.5. The summed E-state index contributed by atoms with van der Waals surface area (Å²) in [4.78, 5) is 52.5. The Labute approximate surface area is 206 Å². The topological polar surface area (TPSA) is 113 Å². The Morgan fingerprint density at radius 3 is 2.24 bits per heavy atom. The first-order valence-electron chi connectivity index (χ1n) is 11.8. The zero-order chi connectivity index (χ0) is 25.2. The van der Waals surface area contributed by atoms with E-state index in [9.17, 15) is 19.2 Å². The highest BCUT2D eigenvalue weighted by Gasteiger charge is 2.41. The molecule has 0 unspecified atom stereocenters. The normalized spacial score (nSPS) is 23.0. The quantitative estimate of drug-likeness (QED) is 0.615. The van der Waals surface area contributed by atoms with Crippen molar-refractivity contribution in [1.29, 1.82) is 0 Å². The second kappa shape index (κ2) is 10.3. The summed E-state index contributed by atoms with van der Waals surface area (Å²) in [7, 11) is 0. The number of halogens is 1. The van der Waals surface area contributed by atoms with E-state index in [2.05, 4.69) is 31.3 Å². The third kappa shape index (κ3) is 5.71. The van der Waals surface area contributed by atoms with Gasteiger partial charge in [-0.3, -0.25) is 19.2 Å². The minimum absolute atomic E-state index is 0.0888. The molecule has 0 aliphatic carbocycles. The number of piperidine rings is 1. The van der Waals surface area contributed by atoms with Crippen LogP contribution in [0.2, 0.25) is 5.02 Å². The fourth-order valence-corrected chi connectivity index (χ4v) is 5.28. The second-order valence-corrected chi connectivity index (χ2v) is 10.9. The molecule has 0 spiro atoms. The Hall–Kier alpha value is -2.61. The molecule has 0 saturated carbocycles. The number of primary amides is 1. The summed E-state index contributed by atoms with van der Waals surface area (Å²) in [6.07, 6.45) is 1.26. The predicted octanol–water partition coefficient (Wildman–Crippen LogP) is 2.16. The molecule has 4 amide bonds. The molecule has 1 aromatic rings. The lowest BCUT2D eigenvalue weighted by molar-refractivity contribution is -0.144. The van der Waals surface area contributed by atoms with Gasteiger partial charge in [-0.05, 0) is 47.8 Å². The van der Waals surface area contributed by atoms with Gasteiger partial charge in [0.25, 0.3) is 0 Å². The number of rotatable bonds is 5. The van der Waals surface area contributed by atoms with E-state index >= 15 is 0 Å². The number of carbonyl (C=O) groups is 4. The van der Waals surface area contributed by atoms with E-state index < -0.39 is 23.8 Å². The first-order chi connectivity index (χ1) is 15.9. The molecule has 3 rings (SSSR count). The molecule has 8 nitrogen and oxygen atoms in total. The minimum Gasteiger partial charge on any atom is -0.361 e. The van der Waals surface area contributed by atoms with Crippen LogP contribution in [0.3, 0.4) is 0 Å². The molecule has 2 saturated heterocycles. The number of carbonyl (C=O) groups excluding carboxylic acids is 4. The molecule has 186 valence electrons. The van der Waals surface area contributed by atoms with E-state index in [0.29, 0.717) is 37.0 Å². The van der Waals surface area contributed by atoms with Crippen molar-refractivity contribution < 1.29 is 19.2 Å². The van der Waals surface area contributed by atoms with Gasteiger partial charge in [0.2, 0.25) is 11.8 Å². The van der Waals surface area contributed by atoms with Crippen LogP contribution >= 0.6 is 11.6 Å². The molecule has 34 heavy (non-hydrogen) atoms. The van der Waals surface area contributed by atoms with Crippen LogP contribution in [-0.2, 0) is 19.2 Å². The number of hydrogen-bond donors (Lipinski definition) is 2. The van der Waals surface area contributed by atoms with Crippen molar-refractivity contribution in [2.45, 2.75) is 52.5 Å². The maximum Gasteiger partial charge on any atom is 0.311 e. The average molecular weight is 491 g/mol. The van der Waals surface area contributed by atoms with Crippen LogP contribution in [0.15, 0.2) is 24.3 Å². The molecule has 2 heterocycles. The summed E-state index contributed by atoms with van der Waals surface area (Å²) >= 11 is 6.05. The lowest BCUT2D eigenvalue weighted by Gasteiger charge is -2.45. The molecular formula is C25H35ClN4O4. The van der Waals surface area contributed by atoms with E-state index in [1.165, 1.54) is 10.5 Å². The molecule has 0 radical (unpaired) electrons.